The fourth-order valence-corrected chi connectivity index (χ4v) is 3.00. The van der Waals surface area contributed by atoms with E-state index < -0.39 is 23.1 Å². The third kappa shape index (κ3) is 5.25. The molecule has 0 fully saturated rings. The van der Waals surface area contributed by atoms with Crippen LogP contribution in [0.1, 0.15) is 17.3 Å². The van der Waals surface area contributed by atoms with Gasteiger partial charge in [0.1, 0.15) is 17.3 Å². The lowest BCUT2D eigenvalue weighted by Gasteiger charge is -2.12. The molecular formula is C23H19FN2O6. The van der Waals surface area contributed by atoms with E-state index in [1.54, 1.807) is 24.3 Å². The van der Waals surface area contributed by atoms with E-state index in [2.05, 4.69) is 5.32 Å². The number of carbonyl (C=O) groups excluding carboxylic acids is 2. The maximum atomic E-state index is 14.3. The van der Waals surface area contributed by atoms with Crippen LogP contribution in [-0.2, 0) is 4.79 Å². The zero-order valence-corrected chi connectivity index (χ0v) is 17.3. The van der Waals surface area contributed by atoms with Gasteiger partial charge < -0.3 is 14.8 Å². The van der Waals surface area contributed by atoms with Crippen molar-refractivity contribution in [2.75, 3.05) is 19.0 Å². The van der Waals surface area contributed by atoms with Crippen LogP contribution in [0.4, 0.5) is 15.8 Å². The van der Waals surface area contributed by atoms with Crippen LogP contribution in [0.3, 0.4) is 0 Å². The summed E-state index contributed by atoms with van der Waals surface area (Å²) in [5, 5.41) is 13.6. The van der Waals surface area contributed by atoms with E-state index in [1.165, 1.54) is 44.4 Å². The molecule has 0 radical (unpaired) electrons. The zero-order chi connectivity index (χ0) is 23.3. The van der Waals surface area contributed by atoms with Gasteiger partial charge >= 0.3 is 0 Å². The summed E-state index contributed by atoms with van der Waals surface area (Å²) in [6, 6.07) is 14.5. The number of hydrogen-bond donors (Lipinski definition) is 1. The summed E-state index contributed by atoms with van der Waals surface area (Å²) in [5.74, 6) is -0.963. The minimum Gasteiger partial charge on any atom is -0.497 e. The van der Waals surface area contributed by atoms with E-state index in [-0.39, 0.29) is 28.6 Å². The van der Waals surface area contributed by atoms with Crippen LogP contribution in [-0.4, -0.2) is 30.3 Å². The van der Waals surface area contributed by atoms with E-state index in [0.717, 1.165) is 6.07 Å². The number of nitrogens with one attached hydrogen (secondary N) is 1. The Balaban J connectivity index is 1.84. The molecule has 0 aromatic heterocycles. The predicted molar refractivity (Wildman–Crippen MR) is 116 cm³/mol. The van der Waals surface area contributed by atoms with Crippen LogP contribution in [0, 0.1) is 15.9 Å². The van der Waals surface area contributed by atoms with E-state index >= 15 is 0 Å². The number of rotatable bonds is 8. The minimum absolute atomic E-state index is 0.144. The average Bonchev–Trinajstić information content (AvgIpc) is 2.77. The lowest BCUT2D eigenvalue weighted by atomic mass is 10.0. The first-order valence-corrected chi connectivity index (χ1v) is 9.44. The second kappa shape index (κ2) is 9.69. The number of carbonyl (C=O) groups is 2. The van der Waals surface area contributed by atoms with Gasteiger partial charge in [-0.2, -0.15) is 0 Å². The van der Waals surface area contributed by atoms with Crippen molar-refractivity contribution in [1.82, 2.24) is 0 Å². The van der Waals surface area contributed by atoms with Crippen LogP contribution < -0.4 is 14.8 Å². The molecule has 9 heteroatoms. The number of benzene rings is 3. The Labute approximate surface area is 182 Å². The summed E-state index contributed by atoms with van der Waals surface area (Å²) >= 11 is 0. The maximum Gasteiger partial charge on any atom is 0.270 e. The summed E-state index contributed by atoms with van der Waals surface area (Å²) in [5.41, 5.74) is 0.893. The monoisotopic (exact) mass is 438 g/mol. The van der Waals surface area contributed by atoms with Crippen molar-refractivity contribution >= 4 is 23.1 Å². The second-order valence-electron chi connectivity index (χ2n) is 6.75. The van der Waals surface area contributed by atoms with Crippen molar-refractivity contribution < 1.29 is 28.4 Å². The van der Waals surface area contributed by atoms with Gasteiger partial charge in [-0.05, 0) is 42.0 Å². The highest BCUT2D eigenvalue weighted by Crippen LogP contribution is 2.34. The molecule has 0 saturated carbocycles. The second-order valence-corrected chi connectivity index (χ2v) is 6.75. The van der Waals surface area contributed by atoms with Crippen molar-refractivity contribution in [1.29, 1.82) is 0 Å². The molecule has 0 unspecified atom stereocenters. The number of amides is 1. The normalized spacial score (nSPS) is 10.3. The number of methoxy groups -OCH3 is 1. The predicted octanol–water partition coefficient (Wildman–Crippen LogP) is 4.63. The molecule has 0 saturated heterocycles. The highest BCUT2D eigenvalue weighted by atomic mass is 19.1. The molecule has 3 aromatic rings. The number of Topliss-reactive ketones (excluding diaryl/α,β-unsaturated/α-hetero) is 1. The Morgan fingerprint density at radius 3 is 2.38 bits per heavy atom. The Hall–Kier alpha value is -4.27. The molecule has 164 valence electrons. The SMILES string of the molecule is COc1ccc(-c2cc([N+](=O)[O-])ccc2OCC(=O)c2ccc(NC(C)=O)cc2F)cc1. The summed E-state index contributed by atoms with van der Waals surface area (Å²) in [4.78, 5) is 34.3. The van der Waals surface area contributed by atoms with Crippen LogP contribution >= 0.6 is 0 Å². The van der Waals surface area contributed by atoms with Crippen molar-refractivity contribution in [3.8, 4) is 22.6 Å². The molecule has 32 heavy (non-hydrogen) atoms. The van der Waals surface area contributed by atoms with E-state index in [1.807, 2.05) is 0 Å². The molecule has 0 aliphatic rings. The van der Waals surface area contributed by atoms with Gasteiger partial charge in [-0.3, -0.25) is 19.7 Å². The van der Waals surface area contributed by atoms with E-state index in [4.69, 9.17) is 9.47 Å². The summed E-state index contributed by atoms with van der Waals surface area (Å²) in [6.45, 7) is 0.798. The van der Waals surface area contributed by atoms with Crippen LogP contribution in [0.25, 0.3) is 11.1 Å². The third-order valence-electron chi connectivity index (χ3n) is 4.52. The smallest absolute Gasteiger partial charge is 0.270 e. The lowest BCUT2D eigenvalue weighted by Crippen LogP contribution is -2.14. The molecule has 0 atom stereocenters. The fraction of sp³-hybridized carbons (Fsp3) is 0.130. The van der Waals surface area contributed by atoms with Crippen molar-refractivity contribution in [2.45, 2.75) is 6.92 Å². The minimum atomic E-state index is -0.802. The maximum absolute atomic E-state index is 14.3. The molecule has 3 rings (SSSR count). The molecule has 0 bridgehead atoms. The molecule has 0 aliphatic carbocycles. The van der Waals surface area contributed by atoms with E-state index in [9.17, 15) is 24.1 Å². The highest BCUT2D eigenvalue weighted by Gasteiger charge is 2.17. The van der Waals surface area contributed by atoms with Crippen molar-refractivity contribution in [3.05, 3.63) is 82.2 Å². The summed E-state index contributed by atoms with van der Waals surface area (Å²) in [7, 11) is 1.52. The standard InChI is InChI=1S/C23H19FN2O6/c1-14(27)25-16-5-9-19(21(24)11-16)22(28)13-32-23-10-6-17(26(29)30)12-20(23)15-3-7-18(31-2)8-4-15/h3-12H,13H2,1-2H3,(H,25,27). The molecule has 1 amide bonds. The van der Waals surface area contributed by atoms with Gasteiger partial charge in [0.25, 0.3) is 5.69 Å². The molecule has 8 nitrogen and oxygen atoms in total. The number of nitro groups is 1. The topological polar surface area (TPSA) is 108 Å². The molecule has 0 spiro atoms. The van der Waals surface area contributed by atoms with Gasteiger partial charge in [-0.15, -0.1) is 0 Å². The van der Waals surface area contributed by atoms with Crippen molar-refractivity contribution in [3.63, 3.8) is 0 Å². The number of nitro benzene ring substituents is 1. The quantitative estimate of drug-likeness (QED) is 0.312. The summed E-state index contributed by atoms with van der Waals surface area (Å²) in [6.07, 6.45) is 0. The number of anilines is 1. The zero-order valence-electron chi connectivity index (χ0n) is 17.3. The van der Waals surface area contributed by atoms with Gasteiger partial charge in [-0.1, -0.05) is 12.1 Å². The first-order valence-electron chi connectivity index (χ1n) is 9.44. The van der Waals surface area contributed by atoms with Gasteiger partial charge in [0.05, 0.1) is 17.6 Å². The van der Waals surface area contributed by atoms with Crippen LogP contribution in [0.15, 0.2) is 60.7 Å². The largest absolute Gasteiger partial charge is 0.497 e. The average molecular weight is 438 g/mol. The number of hydrogen-bond acceptors (Lipinski definition) is 6. The molecule has 0 aliphatic heterocycles. The van der Waals surface area contributed by atoms with Crippen molar-refractivity contribution in [2.24, 2.45) is 0 Å². The first kappa shape index (κ1) is 22.4. The Morgan fingerprint density at radius 2 is 1.78 bits per heavy atom. The number of non-ortho nitro benzene ring substituents is 1. The van der Waals surface area contributed by atoms with Crippen LogP contribution in [0.2, 0.25) is 0 Å². The van der Waals surface area contributed by atoms with Gasteiger partial charge in [0.2, 0.25) is 11.7 Å². The molecule has 0 heterocycles. The Bertz CT molecular complexity index is 1180. The Kier molecular flexibility index (Phi) is 6.79. The molecule has 3 aromatic carbocycles. The first-order chi connectivity index (χ1) is 15.3. The number of ketones is 1. The molecule has 1 N–H and O–H groups in total. The van der Waals surface area contributed by atoms with E-state index in [0.29, 0.717) is 16.9 Å². The highest BCUT2D eigenvalue weighted by molar-refractivity contribution is 5.98. The third-order valence-corrected chi connectivity index (χ3v) is 4.52. The lowest BCUT2D eigenvalue weighted by molar-refractivity contribution is -0.384. The molecular weight excluding hydrogens is 419 g/mol. The van der Waals surface area contributed by atoms with Gasteiger partial charge in [-0.25, -0.2) is 4.39 Å². The Morgan fingerprint density at radius 1 is 1.06 bits per heavy atom. The van der Waals surface area contributed by atoms with Gasteiger partial charge in [0, 0.05) is 30.3 Å². The summed E-state index contributed by atoms with van der Waals surface area (Å²) < 4.78 is 25.1. The number of nitrogens with zero attached hydrogens (tertiary/aromatic N) is 1. The fourth-order valence-electron chi connectivity index (χ4n) is 3.00. The number of ether oxygens (including phenoxy) is 2. The van der Waals surface area contributed by atoms with Gasteiger partial charge in [0.15, 0.2) is 6.61 Å². The number of halogens is 1. The van der Waals surface area contributed by atoms with Crippen LogP contribution in [0.5, 0.6) is 11.5 Å².